The summed E-state index contributed by atoms with van der Waals surface area (Å²) in [4.78, 5) is 11.3. The molecular formula is C10H9BrClFO2. The number of benzene rings is 1. The fourth-order valence-electron chi connectivity index (χ4n) is 1.06. The van der Waals surface area contributed by atoms with Crippen LogP contribution in [0.4, 0.5) is 4.39 Å². The minimum atomic E-state index is -0.918. The van der Waals surface area contributed by atoms with Gasteiger partial charge in [-0.1, -0.05) is 27.5 Å². The predicted octanol–water partition coefficient (Wildman–Crippen LogP) is 3.61. The lowest BCUT2D eigenvalue weighted by molar-refractivity contribution is 0.0996. The first-order valence-corrected chi connectivity index (χ1v) is 5.52. The first-order valence-electron chi connectivity index (χ1n) is 4.23. The summed E-state index contributed by atoms with van der Waals surface area (Å²) >= 11 is 9.02. The molecule has 1 rings (SSSR count). The molecule has 5 heteroatoms. The van der Waals surface area contributed by atoms with Crippen LogP contribution in [0.5, 0.6) is 5.75 Å². The van der Waals surface area contributed by atoms with Crippen LogP contribution >= 0.6 is 27.5 Å². The largest absolute Gasteiger partial charge is 0.463 e. The molecule has 15 heavy (non-hydrogen) atoms. The number of hydrogen-bond acceptors (Lipinski definition) is 2. The minimum Gasteiger partial charge on any atom is -0.463 e. The van der Waals surface area contributed by atoms with Crippen LogP contribution < -0.4 is 4.74 Å². The Hall–Kier alpha value is -0.610. The van der Waals surface area contributed by atoms with E-state index in [0.717, 1.165) is 0 Å². The normalized spacial score (nSPS) is 12.3. The molecule has 1 aromatic carbocycles. The smallest absolute Gasteiger partial charge is 0.228 e. The highest BCUT2D eigenvalue weighted by molar-refractivity contribution is 9.10. The SMILES string of the molecule is CC(Br)C(=O)c1ccc(OCF)cc1Cl. The third-order valence-corrected chi connectivity index (χ3v) is 2.52. The van der Waals surface area contributed by atoms with E-state index in [4.69, 9.17) is 11.6 Å². The standard InChI is InChI=1S/C10H9BrClFO2/c1-6(11)10(14)8-3-2-7(15-5-13)4-9(8)12/h2-4,6H,5H2,1H3. The van der Waals surface area contributed by atoms with Gasteiger partial charge in [-0.15, -0.1) is 0 Å². The Kier molecular flexibility index (Phi) is 4.54. The summed E-state index contributed by atoms with van der Waals surface area (Å²) in [7, 11) is 0. The quantitative estimate of drug-likeness (QED) is 0.626. The molecule has 0 aromatic heterocycles. The van der Waals surface area contributed by atoms with Crippen molar-refractivity contribution in [3.05, 3.63) is 28.8 Å². The third-order valence-electron chi connectivity index (χ3n) is 1.79. The second-order valence-corrected chi connectivity index (χ2v) is 4.66. The Morgan fingerprint density at radius 1 is 1.67 bits per heavy atom. The number of hydrogen-bond donors (Lipinski definition) is 0. The van der Waals surface area contributed by atoms with Crippen LogP contribution in [-0.4, -0.2) is 17.5 Å². The molecule has 0 bridgehead atoms. The van der Waals surface area contributed by atoms with Crippen LogP contribution in [0.3, 0.4) is 0 Å². The first kappa shape index (κ1) is 12.5. The fraction of sp³-hybridized carbons (Fsp3) is 0.300. The predicted molar refractivity (Wildman–Crippen MR) is 60.8 cm³/mol. The van der Waals surface area contributed by atoms with Gasteiger partial charge in [0.2, 0.25) is 6.86 Å². The van der Waals surface area contributed by atoms with E-state index >= 15 is 0 Å². The fourth-order valence-corrected chi connectivity index (χ4v) is 1.57. The minimum absolute atomic E-state index is 0.119. The highest BCUT2D eigenvalue weighted by atomic mass is 79.9. The molecule has 0 fully saturated rings. The van der Waals surface area contributed by atoms with Gasteiger partial charge >= 0.3 is 0 Å². The van der Waals surface area contributed by atoms with Crippen LogP contribution in [0, 0.1) is 0 Å². The molecular weight excluding hydrogens is 286 g/mol. The summed E-state index contributed by atoms with van der Waals surface area (Å²) < 4.78 is 16.5. The van der Waals surface area contributed by atoms with Gasteiger partial charge in [-0.3, -0.25) is 4.79 Å². The van der Waals surface area contributed by atoms with Gasteiger partial charge in [-0.25, -0.2) is 4.39 Å². The average Bonchev–Trinajstić information content (AvgIpc) is 2.17. The Bertz CT molecular complexity index is 368. The summed E-state index contributed by atoms with van der Waals surface area (Å²) in [5.74, 6) is 0.188. The van der Waals surface area contributed by atoms with Gasteiger partial charge in [0.1, 0.15) is 5.75 Å². The molecule has 0 saturated heterocycles. The van der Waals surface area contributed by atoms with E-state index in [2.05, 4.69) is 20.7 Å². The van der Waals surface area contributed by atoms with Gasteiger partial charge in [-0.2, -0.15) is 0 Å². The lowest BCUT2D eigenvalue weighted by atomic mass is 10.1. The van der Waals surface area contributed by atoms with Crippen LogP contribution in [0.2, 0.25) is 5.02 Å². The van der Waals surface area contributed by atoms with Gasteiger partial charge in [-0.05, 0) is 25.1 Å². The lowest BCUT2D eigenvalue weighted by Gasteiger charge is -2.07. The van der Waals surface area contributed by atoms with Crippen molar-refractivity contribution in [2.45, 2.75) is 11.8 Å². The number of ketones is 1. The average molecular weight is 296 g/mol. The number of rotatable bonds is 4. The number of carbonyl (C=O) groups excluding carboxylic acids is 1. The van der Waals surface area contributed by atoms with E-state index in [1.807, 2.05) is 0 Å². The van der Waals surface area contributed by atoms with E-state index < -0.39 is 6.86 Å². The van der Waals surface area contributed by atoms with Crippen molar-refractivity contribution in [2.75, 3.05) is 6.86 Å². The number of alkyl halides is 2. The Balaban J connectivity index is 2.97. The van der Waals surface area contributed by atoms with E-state index in [-0.39, 0.29) is 15.6 Å². The van der Waals surface area contributed by atoms with Crippen molar-refractivity contribution >= 4 is 33.3 Å². The van der Waals surface area contributed by atoms with Crippen LogP contribution in [0.15, 0.2) is 18.2 Å². The number of halogens is 3. The van der Waals surface area contributed by atoms with E-state index in [1.165, 1.54) is 18.2 Å². The van der Waals surface area contributed by atoms with E-state index in [9.17, 15) is 9.18 Å². The zero-order valence-corrected chi connectivity index (χ0v) is 10.3. The highest BCUT2D eigenvalue weighted by Crippen LogP contribution is 2.24. The zero-order chi connectivity index (χ0) is 11.4. The molecule has 1 aromatic rings. The molecule has 0 spiro atoms. The molecule has 0 N–H and O–H groups in total. The monoisotopic (exact) mass is 294 g/mol. The summed E-state index contributed by atoms with van der Waals surface area (Å²) in [5.41, 5.74) is 0.396. The van der Waals surface area contributed by atoms with Crippen molar-refractivity contribution in [3.8, 4) is 5.75 Å². The van der Waals surface area contributed by atoms with Crippen molar-refractivity contribution < 1.29 is 13.9 Å². The molecule has 0 aliphatic rings. The van der Waals surface area contributed by atoms with Crippen molar-refractivity contribution in [3.63, 3.8) is 0 Å². The maximum Gasteiger partial charge on any atom is 0.228 e. The van der Waals surface area contributed by atoms with Gasteiger partial charge in [0.25, 0.3) is 0 Å². The molecule has 0 saturated carbocycles. The summed E-state index contributed by atoms with van der Waals surface area (Å²) in [6, 6.07) is 4.45. The maximum absolute atomic E-state index is 11.9. The molecule has 1 unspecified atom stereocenters. The molecule has 0 amide bonds. The van der Waals surface area contributed by atoms with Gasteiger partial charge in [0.15, 0.2) is 5.78 Å². The second kappa shape index (κ2) is 5.47. The summed E-state index contributed by atoms with van der Waals surface area (Å²) in [5, 5.41) is 0.261. The Morgan fingerprint density at radius 2 is 2.33 bits per heavy atom. The van der Waals surface area contributed by atoms with Gasteiger partial charge < -0.3 is 4.74 Å². The second-order valence-electron chi connectivity index (χ2n) is 2.88. The summed E-state index contributed by atoms with van der Waals surface area (Å²) in [6.07, 6.45) is 0. The lowest BCUT2D eigenvalue weighted by Crippen LogP contribution is -2.10. The van der Waals surface area contributed by atoms with Crippen molar-refractivity contribution in [2.24, 2.45) is 0 Å². The van der Waals surface area contributed by atoms with Crippen molar-refractivity contribution in [1.82, 2.24) is 0 Å². The van der Waals surface area contributed by atoms with Crippen LogP contribution in [0.1, 0.15) is 17.3 Å². The number of ether oxygens (including phenoxy) is 1. The third kappa shape index (κ3) is 3.18. The first-order chi connectivity index (χ1) is 7.06. The molecule has 82 valence electrons. The Labute approximate surface area is 101 Å². The number of carbonyl (C=O) groups is 1. The molecule has 1 atom stereocenters. The molecule has 0 aliphatic heterocycles. The highest BCUT2D eigenvalue weighted by Gasteiger charge is 2.15. The maximum atomic E-state index is 11.9. The molecule has 2 nitrogen and oxygen atoms in total. The van der Waals surface area contributed by atoms with Crippen molar-refractivity contribution in [1.29, 1.82) is 0 Å². The zero-order valence-electron chi connectivity index (χ0n) is 7.97. The summed E-state index contributed by atoms with van der Waals surface area (Å²) in [6.45, 7) is 0.795. The molecule has 0 aliphatic carbocycles. The van der Waals surface area contributed by atoms with Crippen LogP contribution in [-0.2, 0) is 0 Å². The molecule has 0 heterocycles. The number of Topliss-reactive ketones (excluding diaryl/α,β-unsaturated/α-hetero) is 1. The Morgan fingerprint density at radius 3 is 2.80 bits per heavy atom. The van der Waals surface area contributed by atoms with E-state index in [0.29, 0.717) is 11.3 Å². The van der Waals surface area contributed by atoms with Gasteiger partial charge in [0.05, 0.1) is 9.85 Å². The molecule has 0 radical (unpaired) electrons. The van der Waals surface area contributed by atoms with Gasteiger partial charge in [0, 0.05) is 5.56 Å². The topological polar surface area (TPSA) is 26.3 Å². The van der Waals surface area contributed by atoms with E-state index in [1.54, 1.807) is 6.92 Å². The van der Waals surface area contributed by atoms with Crippen LogP contribution in [0.25, 0.3) is 0 Å².